The third-order valence-electron chi connectivity index (χ3n) is 5.09. The average molecular weight is 346 g/mol. The van der Waals surface area contributed by atoms with Crippen LogP contribution in [0.3, 0.4) is 0 Å². The topological polar surface area (TPSA) is 42.0 Å². The molecule has 0 radical (unpaired) electrons. The van der Waals surface area contributed by atoms with Crippen LogP contribution >= 0.6 is 0 Å². The number of carbonyl (C=O) groups is 1. The first-order chi connectivity index (χ1) is 12.2. The summed E-state index contributed by atoms with van der Waals surface area (Å²) in [5.41, 5.74) is 1.32. The van der Waals surface area contributed by atoms with Gasteiger partial charge in [-0.1, -0.05) is 30.3 Å². The van der Waals surface area contributed by atoms with Crippen molar-refractivity contribution in [2.75, 3.05) is 39.9 Å². The number of amides is 1. The number of hydrogen-bond acceptors (Lipinski definition) is 4. The zero-order chi connectivity index (χ0) is 17.6. The molecule has 2 saturated heterocycles. The quantitative estimate of drug-likeness (QED) is 0.819. The summed E-state index contributed by atoms with van der Waals surface area (Å²) in [5.74, 6) is 0.389. The molecule has 5 heteroatoms. The molecule has 1 aromatic rings. The molecular formula is C20H30N2O3. The zero-order valence-electron chi connectivity index (χ0n) is 15.4. The van der Waals surface area contributed by atoms with Gasteiger partial charge in [0.15, 0.2) is 0 Å². The Bertz CT molecular complexity index is 551. The van der Waals surface area contributed by atoms with E-state index in [2.05, 4.69) is 29.2 Å². The Morgan fingerprint density at radius 1 is 1.24 bits per heavy atom. The predicted molar refractivity (Wildman–Crippen MR) is 97.2 cm³/mol. The van der Waals surface area contributed by atoms with Gasteiger partial charge in [-0.15, -0.1) is 0 Å². The molecule has 0 N–H and O–H groups in total. The number of morpholine rings is 1. The number of rotatable bonds is 5. The van der Waals surface area contributed by atoms with Crippen molar-refractivity contribution < 1.29 is 14.3 Å². The van der Waals surface area contributed by atoms with Gasteiger partial charge in [-0.05, 0) is 31.9 Å². The van der Waals surface area contributed by atoms with E-state index in [9.17, 15) is 4.79 Å². The second-order valence-electron chi connectivity index (χ2n) is 7.33. The minimum absolute atomic E-state index is 0.0123. The third-order valence-corrected chi connectivity index (χ3v) is 5.09. The summed E-state index contributed by atoms with van der Waals surface area (Å²) in [7, 11) is 1.68. The van der Waals surface area contributed by atoms with E-state index in [1.807, 2.05) is 17.9 Å². The molecule has 2 heterocycles. The fourth-order valence-corrected chi connectivity index (χ4v) is 4.00. The maximum Gasteiger partial charge on any atom is 0.227 e. The van der Waals surface area contributed by atoms with Crippen LogP contribution in [0.4, 0.5) is 0 Å². The summed E-state index contributed by atoms with van der Waals surface area (Å²) in [6, 6.07) is 10.5. The second kappa shape index (κ2) is 8.79. The number of piperidine rings is 1. The molecule has 3 atom stereocenters. The summed E-state index contributed by atoms with van der Waals surface area (Å²) < 4.78 is 11.1. The first kappa shape index (κ1) is 18.4. The van der Waals surface area contributed by atoms with Crippen molar-refractivity contribution in [1.82, 2.24) is 9.80 Å². The Hall–Kier alpha value is -1.43. The molecule has 0 bridgehead atoms. The third kappa shape index (κ3) is 5.03. The maximum atomic E-state index is 13.0. The van der Waals surface area contributed by atoms with E-state index in [-0.39, 0.29) is 24.0 Å². The molecule has 3 rings (SSSR count). The molecule has 2 aliphatic rings. The molecule has 0 aromatic heterocycles. The van der Waals surface area contributed by atoms with Gasteiger partial charge < -0.3 is 14.4 Å². The average Bonchev–Trinajstić information content (AvgIpc) is 2.62. The van der Waals surface area contributed by atoms with Crippen molar-refractivity contribution in [1.29, 1.82) is 0 Å². The van der Waals surface area contributed by atoms with Crippen molar-refractivity contribution >= 4 is 5.91 Å². The smallest absolute Gasteiger partial charge is 0.227 e. The van der Waals surface area contributed by atoms with Gasteiger partial charge in [0.2, 0.25) is 5.91 Å². The van der Waals surface area contributed by atoms with Crippen LogP contribution in [0.15, 0.2) is 30.3 Å². The van der Waals surface area contributed by atoms with Gasteiger partial charge in [0, 0.05) is 33.3 Å². The molecule has 2 fully saturated rings. The summed E-state index contributed by atoms with van der Waals surface area (Å²) in [5, 5.41) is 0. The fraction of sp³-hybridized carbons (Fsp3) is 0.650. The lowest BCUT2D eigenvalue weighted by atomic mass is 9.95. The maximum absolute atomic E-state index is 13.0. The van der Waals surface area contributed by atoms with E-state index in [0.717, 1.165) is 32.5 Å². The van der Waals surface area contributed by atoms with Crippen molar-refractivity contribution in [3.05, 3.63) is 35.9 Å². The summed E-state index contributed by atoms with van der Waals surface area (Å²) in [6.45, 7) is 6.76. The molecule has 0 saturated carbocycles. The molecule has 5 nitrogen and oxygen atoms in total. The van der Waals surface area contributed by atoms with E-state index in [0.29, 0.717) is 19.7 Å². The van der Waals surface area contributed by atoms with Crippen LogP contribution in [0, 0.1) is 5.92 Å². The summed E-state index contributed by atoms with van der Waals surface area (Å²) >= 11 is 0. The van der Waals surface area contributed by atoms with Gasteiger partial charge in [-0.3, -0.25) is 9.69 Å². The molecule has 1 amide bonds. The standard InChI is InChI=1S/C20H30N2O3/c1-16-11-22(14-19(25-16)15-24-2)20(23)18-9-6-10-21(13-18)12-17-7-4-3-5-8-17/h3-5,7-8,16,18-19H,6,9-15H2,1-2H3/t16-,18+,19+/m1/s1. The number of hydrogen-bond donors (Lipinski definition) is 0. The minimum atomic E-state index is -0.0123. The molecule has 0 unspecified atom stereocenters. The van der Waals surface area contributed by atoms with Crippen molar-refractivity contribution in [3.63, 3.8) is 0 Å². The van der Waals surface area contributed by atoms with Crippen LogP contribution in [-0.4, -0.2) is 67.8 Å². The molecule has 0 aliphatic carbocycles. The van der Waals surface area contributed by atoms with Crippen molar-refractivity contribution in [3.8, 4) is 0 Å². The highest BCUT2D eigenvalue weighted by Gasteiger charge is 2.34. The van der Waals surface area contributed by atoms with Gasteiger partial charge in [-0.2, -0.15) is 0 Å². The lowest BCUT2D eigenvalue weighted by Crippen LogP contribution is -2.53. The molecule has 2 aliphatic heterocycles. The largest absolute Gasteiger partial charge is 0.382 e. The van der Waals surface area contributed by atoms with Gasteiger partial charge in [0.05, 0.1) is 24.7 Å². The zero-order valence-corrected chi connectivity index (χ0v) is 15.4. The Morgan fingerprint density at radius 3 is 2.80 bits per heavy atom. The van der Waals surface area contributed by atoms with E-state index in [1.54, 1.807) is 7.11 Å². The van der Waals surface area contributed by atoms with Crippen LogP contribution < -0.4 is 0 Å². The monoisotopic (exact) mass is 346 g/mol. The first-order valence-electron chi connectivity index (χ1n) is 9.35. The van der Waals surface area contributed by atoms with Gasteiger partial charge in [-0.25, -0.2) is 0 Å². The molecular weight excluding hydrogens is 316 g/mol. The highest BCUT2D eigenvalue weighted by Crippen LogP contribution is 2.23. The molecule has 25 heavy (non-hydrogen) atoms. The normalized spacial score (nSPS) is 28.1. The van der Waals surface area contributed by atoms with Crippen LogP contribution in [-0.2, 0) is 20.8 Å². The first-order valence-corrected chi connectivity index (χ1v) is 9.35. The highest BCUT2D eigenvalue weighted by molar-refractivity contribution is 5.79. The van der Waals surface area contributed by atoms with E-state index < -0.39 is 0 Å². The number of ether oxygens (including phenoxy) is 2. The number of benzene rings is 1. The highest BCUT2D eigenvalue weighted by atomic mass is 16.5. The van der Waals surface area contributed by atoms with E-state index >= 15 is 0 Å². The summed E-state index contributed by atoms with van der Waals surface area (Å²) in [4.78, 5) is 17.5. The van der Waals surface area contributed by atoms with Crippen molar-refractivity contribution in [2.24, 2.45) is 5.92 Å². The molecule has 138 valence electrons. The van der Waals surface area contributed by atoms with Crippen LogP contribution in [0.5, 0.6) is 0 Å². The van der Waals surface area contributed by atoms with Crippen LogP contribution in [0.25, 0.3) is 0 Å². The number of likely N-dealkylation sites (tertiary alicyclic amines) is 1. The lowest BCUT2D eigenvalue weighted by molar-refractivity contribution is -0.153. The van der Waals surface area contributed by atoms with E-state index in [1.165, 1.54) is 5.56 Å². The van der Waals surface area contributed by atoms with Gasteiger partial charge in [0.25, 0.3) is 0 Å². The predicted octanol–water partition coefficient (Wildman–Crippen LogP) is 2.16. The second-order valence-corrected chi connectivity index (χ2v) is 7.33. The number of nitrogens with zero attached hydrogens (tertiary/aromatic N) is 2. The number of carbonyl (C=O) groups excluding carboxylic acids is 1. The van der Waals surface area contributed by atoms with Gasteiger partial charge >= 0.3 is 0 Å². The molecule has 1 aromatic carbocycles. The Balaban J connectivity index is 1.57. The fourth-order valence-electron chi connectivity index (χ4n) is 4.00. The number of methoxy groups -OCH3 is 1. The summed E-state index contributed by atoms with van der Waals surface area (Å²) in [6.07, 6.45) is 2.14. The Kier molecular flexibility index (Phi) is 6.45. The van der Waals surface area contributed by atoms with Crippen LogP contribution in [0.1, 0.15) is 25.3 Å². The van der Waals surface area contributed by atoms with Gasteiger partial charge in [0.1, 0.15) is 0 Å². The van der Waals surface area contributed by atoms with Crippen molar-refractivity contribution in [2.45, 2.75) is 38.5 Å². The van der Waals surface area contributed by atoms with E-state index in [4.69, 9.17) is 9.47 Å². The minimum Gasteiger partial charge on any atom is -0.382 e. The lowest BCUT2D eigenvalue weighted by Gasteiger charge is -2.40. The van der Waals surface area contributed by atoms with Crippen LogP contribution in [0.2, 0.25) is 0 Å². The SMILES string of the molecule is COC[C@@H]1CN(C(=O)[C@H]2CCCN(Cc3ccccc3)C2)C[C@@H](C)O1. The Morgan fingerprint density at radius 2 is 2.04 bits per heavy atom. The Labute approximate surface area is 150 Å². The molecule has 0 spiro atoms.